The lowest BCUT2D eigenvalue weighted by Crippen LogP contribution is -2.67. The summed E-state index contributed by atoms with van der Waals surface area (Å²) in [5.41, 5.74) is 5.59. The molecule has 2 aliphatic rings. The number of aromatic nitrogens is 1. The Labute approximate surface area is 195 Å². The second-order valence-electron chi connectivity index (χ2n) is 9.26. The van der Waals surface area contributed by atoms with Crippen molar-refractivity contribution in [2.45, 2.75) is 37.8 Å². The number of carbonyl (C=O) groups is 1. The Hall–Kier alpha value is -3.02. The summed E-state index contributed by atoms with van der Waals surface area (Å²) in [7, 11) is 0. The van der Waals surface area contributed by atoms with E-state index in [-0.39, 0.29) is 30.5 Å². The van der Waals surface area contributed by atoms with Gasteiger partial charge in [0.25, 0.3) is 5.91 Å². The first-order chi connectivity index (χ1) is 16.2. The van der Waals surface area contributed by atoms with Gasteiger partial charge < -0.3 is 10.0 Å². The van der Waals surface area contributed by atoms with Crippen molar-refractivity contribution in [2.24, 2.45) is 0 Å². The predicted molar refractivity (Wildman–Crippen MR) is 130 cm³/mol. The Bertz CT molecular complexity index is 1080. The zero-order valence-electron chi connectivity index (χ0n) is 19.1. The first-order valence-electron chi connectivity index (χ1n) is 11.9. The number of carbonyl (C=O) groups excluding carboxylic acids is 1. The van der Waals surface area contributed by atoms with Crippen LogP contribution in [-0.2, 0) is 0 Å². The molecule has 1 aromatic heterocycles. The molecule has 2 fully saturated rings. The fourth-order valence-electron chi connectivity index (χ4n) is 5.45. The smallest absolute Gasteiger partial charge is 0.254 e. The molecule has 5 nitrogen and oxygen atoms in total. The van der Waals surface area contributed by atoms with Crippen molar-refractivity contribution in [2.75, 3.05) is 26.2 Å². The number of hydrogen-bond acceptors (Lipinski definition) is 4. The first kappa shape index (κ1) is 21.8. The standard InChI is InChI=1S/C28H31N3O2/c1-20-4-6-21(7-5-20)22-8-10-23(11-9-22)27-25-18-30(28(33)24-12-14-29-15-13-24)16-2-3-17-31(25)26(27)19-32/h4-15,25-27,32H,2-3,16-19H2,1H3/t25-,26+,27-/m0/s1. The number of hydrogen-bond donors (Lipinski definition) is 1. The normalized spacial score (nSPS) is 23.2. The van der Waals surface area contributed by atoms with E-state index in [0.717, 1.165) is 25.9 Å². The zero-order valence-corrected chi connectivity index (χ0v) is 19.1. The largest absolute Gasteiger partial charge is 0.395 e. The highest BCUT2D eigenvalue weighted by molar-refractivity contribution is 5.94. The molecule has 2 saturated heterocycles. The Balaban J connectivity index is 1.38. The van der Waals surface area contributed by atoms with Crippen LogP contribution in [0.3, 0.4) is 0 Å². The van der Waals surface area contributed by atoms with Crippen LogP contribution in [-0.4, -0.2) is 64.1 Å². The van der Waals surface area contributed by atoms with E-state index in [9.17, 15) is 9.90 Å². The molecule has 3 aromatic rings. The van der Waals surface area contributed by atoms with E-state index in [1.165, 1.54) is 22.3 Å². The van der Waals surface area contributed by atoms with Crippen LogP contribution in [0, 0.1) is 6.92 Å². The lowest BCUT2D eigenvalue weighted by atomic mass is 9.74. The van der Waals surface area contributed by atoms with Gasteiger partial charge in [0, 0.05) is 49.0 Å². The fourth-order valence-corrected chi connectivity index (χ4v) is 5.45. The monoisotopic (exact) mass is 441 g/mol. The minimum absolute atomic E-state index is 0.0696. The maximum atomic E-state index is 13.2. The average Bonchev–Trinajstić information content (AvgIpc) is 2.84. The van der Waals surface area contributed by atoms with Gasteiger partial charge in [-0.1, -0.05) is 54.1 Å². The van der Waals surface area contributed by atoms with Crippen molar-refractivity contribution < 1.29 is 9.90 Å². The number of amides is 1. The van der Waals surface area contributed by atoms with Gasteiger partial charge >= 0.3 is 0 Å². The third-order valence-corrected chi connectivity index (χ3v) is 7.26. The van der Waals surface area contributed by atoms with E-state index in [1.807, 2.05) is 4.90 Å². The van der Waals surface area contributed by atoms with Gasteiger partial charge in [0.15, 0.2) is 0 Å². The van der Waals surface area contributed by atoms with E-state index in [4.69, 9.17) is 0 Å². The highest BCUT2D eigenvalue weighted by Gasteiger charge is 2.49. The molecular formula is C28H31N3O2. The molecule has 3 atom stereocenters. The number of aliphatic hydroxyl groups is 1. The second kappa shape index (κ2) is 9.46. The van der Waals surface area contributed by atoms with Crippen LogP contribution >= 0.6 is 0 Å². The van der Waals surface area contributed by atoms with E-state index in [2.05, 4.69) is 65.3 Å². The van der Waals surface area contributed by atoms with Crippen LogP contribution < -0.4 is 0 Å². The van der Waals surface area contributed by atoms with Gasteiger partial charge in [-0.15, -0.1) is 0 Å². The van der Waals surface area contributed by atoms with Crippen molar-refractivity contribution in [3.8, 4) is 11.1 Å². The van der Waals surface area contributed by atoms with Gasteiger partial charge in [0.05, 0.1) is 6.61 Å². The number of nitrogens with zero attached hydrogens (tertiary/aromatic N) is 3. The number of pyridine rings is 1. The molecule has 0 bridgehead atoms. The third-order valence-electron chi connectivity index (χ3n) is 7.26. The van der Waals surface area contributed by atoms with E-state index < -0.39 is 0 Å². The van der Waals surface area contributed by atoms with Gasteiger partial charge in [-0.3, -0.25) is 14.7 Å². The second-order valence-corrected chi connectivity index (χ2v) is 9.26. The van der Waals surface area contributed by atoms with E-state index >= 15 is 0 Å². The molecular weight excluding hydrogens is 410 g/mol. The molecule has 0 aliphatic carbocycles. The Morgan fingerprint density at radius 1 is 0.939 bits per heavy atom. The molecule has 0 saturated carbocycles. The average molecular weight is 442 g/mol. The predicted octanol–water partition coefficient (Wildman–Crippen LogP) is 4.12. The molecule has 3 heterocycles. The van der Waals surface area contributed by atoms with Crippen LogP contribution in [0.5, 0.6) is 0 Å². The van der Waals surface area contributed by atoms with Gasteiger partial charge in [0.2, 0.25) is 0 Å². The zero-order chi connectivity index (χ0) is 22.8. The molecule has 0 spiro atoms. The van der Waals surface area contributed by atoms with E-state index in [0.29, 0.717) is 12.1 Å². The number of aliphatic hydroxyl groups excluding tert-OH is 1. The van der Waals surface area contributed by atoms with Crippen molar-refractivity contribution in [1.82, 2.24) is 14.8 Å². The van der Waals surface area contributed by atoms with Crippen LogP contribution in [0.4, 0.5) is 0 Å². The molecule has 33 heavy (non-hydrogen) atoms. The summed E-state index contributed by atoms with van der Waals surface area (Å²) in [6.45, 7) is 4.67. The molecule has 1 amide bonds. The minimum Gasteiger partial charge on any atom is -0.395 e. The summed E-state index contributed by atoms with van der Waals surface area (Å²) in [6.07, 6.45) is 5.36. The molecule has 170 valence electrons. The number of rotatable bonds is 4. The van der Waals surface area contributed by atoms with Crippen molar-refractivity contribution in [3.05, 3.63) is 89.7 Å². The van der Waals surface area contributed by atoms with Gasteiger partial charge in [0.1, 0.15) is 0 Å². The van der Waals surface area contributed by atoms with Gasteiger partial charge in [-0.2, -0.15) is 0 Å². The summed E-state index contributed by atoms with van der Waals surface area (Å²) < 4.78 is 0. The van der Waals surface area contributed by atoms with Crippen LogP contribution in [0.2, 0.25) is 0 Å². The SMILES string of the molecule is Cc1ccc(-c2ccc([C@@H]3[C@@H](CO)N4CCCCN(C(=O)c5ccncc5)C[C@@H]34)cc2)cc1. The Morgan fingerprint density at radius 2 is 1.58 bits per heavy atom. The van der Waals surface area contributed by atoms with Crippen molar-refractivity contribution in [3.63, 3.8) is 0 Å². The van der Waals surface area contributed by atoms with Crippen LogP contribution in [0.25, 0.3) is 11.1 Å². The summed E-state index contributed by atoms with van der Waals surface area (Å²) in [5, 5.41) is 10.2. The summed E-state index contributed by atoms with van der Waals surface area (Å²) in [4.78, 5) is 21.6. The van der Waals surface area contributed by atoms with Crippen LogP contribution in [0.15, 0.2) is 73.1 Å². The minimum atomic E-state index is 0.0696. The molecule has 2 aromatic carbocycles. The molecule has 1 N–H and O–H groups in total. The molecule has 0 radical (unpaired) electrons. The third kappa shape index (κ3) is 4.31. The summed E-state index contributed by atoms with van der Waals surface area (Å²) in [5.74, 6) is 0.285. The molecule has 0 unspecified atom stereocenters. The number of aryl methyl sites for hydroxylation is 1. The van der Waals surface area contributed by atoms with Crippen molar-refractivity contribution >= 4 is 5.91 Å². The lowest BCUT2D eigenvalue weighted by molar-refractivity contribution is -0.0606. The summed E-state index contributed by atoms with van der Waals surface area (Å²) >= 11 is 0. The number of benzene rings is 2. The highest BCUT2D eigenvalue weighted by Crippen LogP contribution is 2.42. The molecule has 5 rings (SSSR count). The summed E-state index contributed by atoms with van der Waals surface area (Å²) in [6, 6.07) is 21.3. The molecule has 2 aliphatic heterocycles. The number of fused-ring (bicyclic) bond motifs is 1. The first-order valence-corrected chi connectivity index (χ1v) is 11.9. The maximum Gasteiger partial charge on any atom is 0.254 e. The topological polar surface area (TPSA) is 56.7 Å². The Kier molecular flexibility index (Phi) is 6.25. The fraction of sp³-hybridized carbons (Fsp3) is 0.357. The lowest BCUT2D eigenvalue weighted by Gasteiger charge is -2.57. The van der Waals surface area contributed by atoms with Gasteiger partial charge in [-0.25, -0.2) is 0 Å². The van der Waals surface area contributed by atoms with E-state index in [1.54, 1.807) is 24.5 Å². The van der Waals surface area contributed by atoms with Crippen molar-refractivity contribution in [1.29, 1.82) is 0 Å². The maximum absolute atomic E-state index is 13.2. The highest BCUT2D eigenvalue weighted by atomic mass is 16.3. The molecule has 5 heteroatoms. The Morgan fingerprint density at radius 3 is 2.24 bits per heavy atom. The van der Waals surface area contributed by atoms with Gasteiger partial charge in [-0.05, 0) is 55.1 Å². The quantitative estimate of drug-likeness (QED) is 0.662. The van der Waals surface area contributed by atoms with Crippen LogP contribution in [0.1, 0.15) is 40.2 Å².